The Kier molecular flexibility index (Phi) is 6.30. The highest BCUT2D eigenvalue weighted by molar-refractivity contribution is 5.28. The Labute approximate surface area is 145 Å². The van der Waals surface area contributed by atoms with Crippen molar-refractivity contribution in [3.63, 3.8) is 0 Å². The number of rotatable bonds is 6. The zero-order valence-electron chi connectivity index (χ0n) is 14.6. The lowest BCUT2D eigenvalue weighted by molar-refractivity contribution is 0.0700. The van der Waals surface area contributed by atoms with Gasteiger partial charge in [0.1, 0.15) is 5.75 Å². The Morgan fingerprint density at radius 1 is 1.21 bits per heavy atom. The maximum atomic E-state index is 9.82. The van der Waals surface area contributed by atoms with E-state index in [-0.39, 0.29) is 6.10 Å². The van der Waals surface area contributed by atoms with E-state index in [1.54, 1.807) is 7.11 Å². The molecule has 0 saturated heterocycles. The molecule has 2 aliphatic rings. The predicted molar refractivity (Wildman–Crippen MR) is 95.2 cm³/mol. The summed E-state index contributed by atoms with van der Waals surface area (Å²) in [5, 5.41) is 9.82. The predicted octanol–water partition coefficient (Wildman–Crippen LogP) is 3.15. The van der Waals surface area contributed by atoms with Crippen molar-refractivity contribution in [2.75, 3.05) is 26.9 Å². The molecule has 3 rings (SSSR count). The Bertz CT molecular complexity index is 550. The van der Waals surface area contributed by atoms with Crippen molar-refractivity contribution in [2.24, 2.45) is 0 Å². The first kappa shape index (κ1) is 17.5. The number of hydrogen-bond acceptors (Lipinski definition) is 4. The first-order valence-electron chi connectivity index (χ1n) is 9.05. The van der Waals surface area contributed by atoms with E-state index in [4.69, 9.17) is 9.47 Å². The minimum Gasteiger partial charge on any atom is -0.497 e. The number of ether oxygens (including phenoxy) is 2. The molecule has 1 heterocycles. The van der Waals surface area contributed by atoms with E-state index in [1.165, 1.54) is 11.1 Å². The molecule has 0 amide bonds. The fourth-order valence-electron chi connectivity index (χ4n) is 3.72. The summed E-state index contributed by atoms with van der Waals surface area (Å²) >= 11 is 0. The zero-order chi connectivity index (χ0) is 16.8. The summed E-state index contributed by atoms with van der Waals surface area (Å²) in [4.78, 5) is 2.56. The molecule has 0 aromatic heterocycles. The van der Waals surface area contributed by atoms with Gasteiger partial charge in [-0.1, -0.05) is 18.2 Å². The molecule has 0 bridgehead atoms. The van der Waals surface area contributed by atoms with Gasteiger partial charge in [0.25, 0.3) is 0 Å². The molecule has 1 aliphatic carbocycles. The van der Waals surface area contributed by atoms with Gasteiger partial charge in [-0.05, 0) is 55.4 Å². The molecular formula is C20H29NO3. The van der Waals surface area contributed by atoms with Crippen LogP contribution in [0, 0.1) is 0 Å². The average Bonchev–Trinajstić information content (AvgIpc) is 2.63. The minimum atomic E-state index is -0.114. The number of benzene rings is 1. The molecule has 1 aliphatic heterocycles. The lowest BCUT2D eigenvalue weighted by Crippen LogP contribution is -2.40. The number of aliphatic hydroxyl groups excluding tert-OH is 1. The number of methoxy groups -OCH3 is 1. The Balaban J connectivity index is 1.71. The van der Waals surface area contributed by atoms with E-state index in [0.717, 1.165) is 64.2 Å². The van der Waals surface area contributed by atoms with Crippen LogP contribution < -0.4 is 4.74 Å². The molecular weight excluding hydrogens is 302 g/mol. The highest BCUT2D eigenvalue weighted by Crippen LogP contribution is 2.26. The lowest BCUT2D eigenvalue weighted by Gasteiger charge is -2.36. The van der Waals surface area contributed by atoms with Crippen LogP contribution in [0.3, 0.4) is 0 Å². The third-order valence-corrected chi connectivity index (χ3v) is 5.09. The van der Waals surface area contributed by atoms with E-state index in [0.29, 0.717) is 6.04 Å². The molecule has 0 unspecified atom stereocenters. The van der Waals surface area contributed by atoms with Crippen molar-refractivity contribution >= 4 is 0 Å². The average molecular weight is 331 g/mol. The molecule has 1 aromatic carbocycles. The lowest BCUT2D eigenvalue weighted by atomic mass is 9.91. The van der Waals surface area contributed by atoms with Gasteiger partial charge >= 0.3 is 0 Å². The number of nitrogens with zero attached hydrogens (tertiary/aromatic N) is 1. The zero-order valence-corrected chi connectivity index (χ0v) is 14.6. The van der Waals surface area contributed by atoms with Gasteiger partial charge < -0.3 is 14.6 Å². The van der Waals surface area contributed by atoms with Crippen LogP contribution in [-0.2, 0) is 11.3 Å². The van der Waals surface area contributed by atoms with E-state index in [9.17, 15) is 5.11 Å². The summed E-state index contributed by atoms with van der Waals surface area (Å²) in [7, 11) is 1.71. The van der Waals surface area contributed by atoms with Crippen molar-refractivity contribution in [2.45, 2.75) is 50.8 Å². The maximum absolute atomic E-state index is 9.82. The molecule has 4 nitrogen and oxygen atoms in total. The molecule has 0 atom stereocenters. The topological polar surface area (TPSA) is 41.9 Å². The summed E-state index contributed by atoms with van der Waals surface area (Å²) in [6.45, 7) is 3.46. The molecule has 1 aromatic rings. The summed E-state index contributed by atoms with van der Waals surface area (Å²) in [5.41, 5.74) is 2.66. The Hall–Kier alpha value is -1.36. The van der Waals surface area contributed by atoms with Gasteiger partial charge in [0, 0.05) is 19.1 Å². The molecule has 4 heteroatoms. The molecule has 0 spiro atoms. The van der Waals surface area contributed by atoms with Crippen LogP contribution >= 0.6 is 0 Å². The second-order valence-corrected chi connectivity index (χ2v) is 6.92. The Morgan fingerprint density at radius 3 is 2.75 bits per heavy atom. The minimum absolute atomic E-state index is 0.114. The second-order valence-electron chi connectivity index (χ2n) is 6.92. The first-order valence-corrected chi connectivity index (χ1v) is 9.05. The first-order chi connectivity index (χ1) is 11.7. The van der Waals surface area contributed by atoms with Gasteiger partial charge in [0.2, 0.25) is 0 Å². The highest BCUT2D eigenvalue weighted by Gasteiger charge is 2.26. The fourth-order valence-corrected chi connectivity index (χ4v) is 3.72. The van der Waals surface area contributed by atoms with Gasteiger partial charge in [0.15, 0.2) is 0 Å². The number of aliphatic hydroxyl groups is 1. The third kappa shape index (κ3) is 4.82. The van der Waals surface area contributed by atoms with Gasteiger partial charge in [-0.15, -0.1) is 0 Å². The van der Waals surface area contributed by atoms with E-state index < -0.39 is 0 Å². The molecule has 1 saturated carbocycles. The van der Waals surface area contributed by atoms with Crippen LogP contribution in [0.25, 0.3) is 0 Å². The van der Waals surface area contributed by atoms with Gasteiger partial charge in [-0.2, -0.15) is 0 Å². The summed E-state index contributed by atoms with van der Waals surface area (Å²) in [5.74, 6) is 0.909. The maximum Gasteiger partial charge on any atom is 0.119 e. The molecule has 132 valence electrons. The van der Waals surface area contributed by atoms with Crippen LogP contribution in [-0.4, -0.2) is 49.0 Å². The van der Waals surface area contributed by atoms with Crippen LogP contribution in [0.5, 0.6) is 5.75 Å². The highest BCUT2D eigenvalue weighted by atomic mass is 16.5. The second kappa shape index (κ2) is 8.65. The molecule has 0 radical (unpaired) electrons. The van der Waals surface area contributed by atoms with Crippen molar-refractivity contribution in [1.29, 1.82) is 0 Å². The molecule has 1 fully saturated rings. The summed E-state index contributed by atoms with van der Waals surface area (Å²) in [6.07, 6.45) is 7.20. The standard InChI is InChI=1S/C20H29NO3/c1-23-20-6-2-4-16(12-20)13-21(14-17-5-3-11-24-15-17)18-7-9-19(22)10-8-18/h2,4-6,12,18-19,22H,3,7-11,13-15H2,1H3. The molecule has 24 heavy (non-hydrogen) atoms. The smallest absolute Gasteiger partial charge is 0.119 e. The fraction of sp³-hybridized carbons (Fsp3) is 0.600. The summed E-state index contributed by atoms with van der Waals surface area (Å²) < 4.78 is 11.0. The van der Waals surface area contributed by atoms with Gasteiger partial charge in [-0.3, -0.25) is 4.90 Å². The Morgan fingerprint density at radius 2 is 2.04 bits per heavy atom. The van der Waals surface area contributed by atoms with Gasteiger partial charge in [0.05, 0.1) is 26.4 Å². The molecule has 1 N–H and O–H groups in total. The monoisotopic (exact) mass is 331 g/mol. The van der Waals surface area contributed by atoms with Crippen molar-refractivity contribution < 1.29 is 14.6 Å². The van der Waals surface area contributed by atoms with Crippen molar-refractivity contribution in [3.05, 3.63) is 41.5 Å². The van der Waals surface area contributed by atoms with Gasteiger partial charge in [-0.25, -0.2) is 0 Å². The quantitative estimate of drug-likeness (QED) is 0.813. The van der Waals surface area contributed by atoms with E-state index >= 15 is 0 Å². The van der Waals surface area contributed by atoms with Crippen LogP contribution in [0.4, 0.5) is 0 Å². The third-order valence-electron chi connectivity index (χ3n) is 5.09. The SMILES string of the molecule is COc1cccc(CN(CC2=CCCOC2)C2CCC(O)CC2)c1. The van der Waals surface area contributed by atoms with Crippen LogP contribution in [0.15, 0.2) is 35.9 Å². The van der Waals surface area contributed by atoms with E-state index in [2.05, 4.69) is 29.2 Å². The largest absolute Gasteiger partial charge is 0.497 e. The normalized spacial score (nSPS) is 24.7. The summed E-state index contributed by atoms with van der Waals surface area (Å²) in [6, 6.07) is 8.86. The van der Waals surface area contributed by atoms with Crippen molar-refractivity contribution in [1.82, 2.24) is 4.90 Å². The van der Waals surface area contributed by atoms with Crippen molar-refractivity contribution in [3.8, 4) is 5.75 Å². The van der Waals surface area contributed by atoms with Crippen LogP contribution in [0.2, 0.25) is 0 Å². The number of hydrogen-bond donors (Lipinski definition) is 1. The van der Waals surface area contributed by atoms with Crippen LogP contribution in [0.1, 0.15) is 37.7 Å². The van der Waals surface area contributed by atoms with E-state index in [1.807, 2.05) is 6.07 Å².